The Bertz CT molecular complexity index is 490. The number of carbonyl (C=O) groups is 2. The van der Waals surface area contributed by atoms with Crippen molar-refractivity contribution < 1.29 is 14.0 Å². The highest BCUT2D eigenvalue weighted by atomic mass is 32.2. The summed E-state index contributed by atoms with van der Waals surface area (Å²) in [4.78, 5) is 23.3. The van der Waals surface area contributed by atoms with Crippen LogP contribution in [-0.2, 0) is 9.59 Å². The van der Waals surface area contributed by atoms with Crippen molar-refractivity contribution in [3.8, 4) is 0 Å². The number of nitrogens with one attached hydrogen (secondary N) is 2. The Hall–Kier alpha value is -1.56. The van der Waals surface area contributed by atoms with Gasteiger partial charge in [-0.1, -0.05) is 6.07 Å². The minimum Gasteiger partial charge on any atom is -0.353 e. The molecule has 0 aliphatic carbocycles. The third-order valence-electron chi connectivity index (χ3n) is 2.98. The second-order valence-electron chi connectivity index (χ2n) is 4.69. The lowest BCUT2D eigenvalue weighted by Gasteiger charge is -2.11. The van der Waals surface area contributed by atoms with E-state index in [4.69, 9.17) is 0 Å². The third-order valence-corrected chi connectivity index (χ3v) is 4.14. The summed E-state index contributed by atoms with van der Waals surface area (Å²) in [5.41, 5.74) is 0.405. The van der Waals surface area contributed by atoms with E-state index >= 15 is 0 Å². The molecule has 1 heterocycles. The molecule has 1 atom stereocenters. The van der Waals surface area contributed by atoms with E-state index in [0.717, 1.165) is 17.9 Å². The van der Waals surface area contributed by atoms with Crippen LogP contribution in [0, 0.1) is 5.82 Å². The van der Waals surface area contributed by atoms with E-state index in [1.807, 2.05) is 11.8 Å². The fraction of sp³-hybridized carbons (Fsp3) is 0.429. The van der Waals surface area contributed by atoms with Gasteiger partial charge in [-0.25, -0.2) is 4.39 Å². The second-order valence-corrected chi connectivity index (χ2v) is 5.84. The van der Waals surface area contributed by atoms with Crippen LogP contribution in [0.15, 0.2) is 24.3 Å². The van der Waals surface area contributed by atoms with Gasteiger partial charge >= 0.3 is 0 Å². The maximum absolute atomic E-state index is 12.9. The van der Waals surface area contributed by atoms with Gasteiger partial charge in [0.15, 0.2) is 0 Å². The fourth-order valence-electron chi connectivity index (χ4n) is 1.96. The molecule has 1 aliphatic heterocycles. The molecule has 4 nitrogen and oxygen atoms in total. The van der Waals surface area contributed by atoms with Gasteiger partial charge in [0.2, 0.25) is 11.8 Å². The van der Waals surface area contributed by atoms with Crippen molar-refractivity contribution in [2.75, 3.05) is 16.8 Å². The Kier molecular flexibility index (Phi) is 5.40. The molecule has 0 unspecified atom stereocenters. The molecule has 20 heavy (non-hydrogen) atoms. The van der Waals surface area contributed by atoms with Crippen molar-refractivity contribution in [3.63, 3.8) is 0 Å². The molecule has 1 fully saturated rings. The van der Waals surface area contributed by atoms with E-state index in [1.54, 1.807) is 6.07 Å². The SMILES string of the molecule is O=C(CCC(=O)N[C@H]1CCSC1)Nc1cccc(F)c1. The summed E-state index contributed by atoms with van der Waals surface area (Å²) in [7, 11) is 0. The van der Waals surface area contributed by atoms with E-state index in [2.05, 4.69) is 10.6 Å². The molecule has 1 saturated heterocycles. The summed E-state index contributed by atoms with van der Waals surface area (Å²) < 4.78 is 12.9. The van der Waals surface area contributed by atoms with E-state index in [1.165, 1.54) is 18.2 Å². The average Bonchev–Trinajstić information content (AvgIpc) is 2.89. The number of benzene rings is 1. The molecule has 0 bridgehead atoms. The molecular weight excluding hydrogens is 279 g/mol. The molecule has 0 spiro atoms. The number of hydrogen-bond donors (Lipinski definition) is 2. The quantitative estimate of drug-likeness (QED) is 0.875. The van der Waals surface area contributed by atoms with Crippen molar-refractivity contribution in [2.24, 2.45) is 0 Å². The Labute approximate surface area is 121 Å². The van der Waals surface area contributed by atoms with Gasteiger partial charge in [0, 0.05) is 30.3 Å². The molecular formula is C14H17FN2O2S. The molecule has 1 aromatic rings. The van der Waals surface area contributed by atoms with Crippen LogP contribution in [-0.4, -0.2) is 29.4 Å². The third kappa shape index (κ3) is 4.85. The van der Waals surface area contributed by atoms with Crippen molar-refractivity contribution in [1.82, 2.24) is 5.32 Å². The summed E-state index contributed by atoms with van der Waals surface area (Å²) in [6.45, 7) is 0. The maximum atomic E-state index is 12.9. The minimum atomic E-state index is -0.403. The van der Waals surface area contributed by atoms with Gasteiger partial charge in [0.25, 0.3) is 0 Å². The lowest BCUT2D eigenvalue weighted by atomic mass is 10.2. The monoisotopic (exact) mass is 296 g/mol. The van der Waals surface area contributed by atoms with Crippen LogP contribution in [0.4, 0.5) is 10.1 Å². The first-order chi connectivity index (χ1) is 9.63. The predicted octanol–water partition coefficient (Wildman–Crippen LogP) is 2.17. The molecule has 1 aliphatic rings. The lowest BCUT2D eigenvalue weighted by Crippen LogP contribution is -2.34. The molecule has 1 aromatic carbocycles. The zero-order valence-corrected chi connectivity index (χ0v) is 11.8. The van der Waals surface area contributed by atoms with Gasteiger partial charge in [0.1, 0.15) is 5.82 Å². The highest BCUT2D eigenvalue weighted by Gasteiger charge is 2.17. The van der Waals surface area contributed by atoms with Crippen LogP contribution in [0.1, 0.15) is 19.3 Å². The summed E-state index contributed by atoms with van der Waals surface area (Å²) in [6, 6.07) is 5.92. The molecule has 0 saturated carbocycles. The van der Waals surface area contributed by atoms with Crippen molar-refractivity contribution >= 4 is 29.3 Å². The Morgan fingerprint density at radius 2 is 2.10 bits per heavy atom. The number of amides is 2. The first kappa shape index (κ1) is 14.8. The smallest absolute Gasteiger partial charge is 0.224 e. The van der Waals surface area contributed by atoms with Crippen LogP contribution in [0.5, 0.6) is 0 Å². The van der Waals surface area contributed by atoms with Crippen LogP contribution in [0.2, 0.25) is 0 Å². The van der Waals surface area contributed by atoms with Crippen molar-refractivity contribution in [3.05, 3.63) is 30.1 Å². The van der Waals surface area contributed by atoms with Gasteiger partial charge < -0.3 is 10.6 Å². The predicted molar refractivity (Wildman–Crippen MR) is 78.1 cm³/mol. The molecule has 2 N–H and O–H groups in total. The van der Waals surface area contributed by atoms with Gasteiger partial charge in [-0.3, -0.25) is 9.59 Å². The number of anilines is 1. The number of rotatable bonds is 5. The largest absolute Gasteiger partial charge is 0.353 e. The second kappa shape index (κ2) is 7.28. The summed E-state index contributed by atoms with van der Waals surface area (Å²) in [6.07, 6.45) is 1.25. The number of thioether (sulfide) groups is 1. The van der Waals surface area contributed by atoms with Gasteiger partial charge in [0.05, 0.1) is 0 Å². The number of halogens is 1. The molecule has 108 valence electrons. The summed E-state index contributed by atoms with van der Waals surface area (Å²) in [5, 5.41) is 5.48. The van der Waals surface area contributed by atoms with E-state index in [9.17, 15) is 14.0 Å². The maximum Gasteiger partial charge on any atom is 0.224 e. The standard InChI is InChI=1S/C14H17FN2O2S/c15-10-2-1-3-11(8-10)16-13(18)4-5-14(19)17-12-6-7-20-9-12/h1-3,8,12H,4-7,9H2,(H,16,18)(H,17,19)/t12-/m0/s1. The number of carbonyl (C=O) groups excluding carboxylic acids is 2. The fourth-order valence-corrected chi connectivity index (χ4v) is 3.12. The highest BCUT2D eigenvalue weighted by molar-refractivity contribution is 7.99. The molecule has 2 rings (SSSR count). The average molecular weight is 296 g/mol. The van der Waals surface area contributed by atoms with Gasteiger partial charge in [-0.05, 0) is 30.4 Å². The summed E-state index contributed by atoms with van der Waals surface area (Å²) in [5.74, 6) is 1.23. The van der Waals surface area contributed by atoms with E-state index in [-0.39, 0.29) is 30.7 Å². The molecule has 6 heteroatoms. The van der Waals surface area contributed by atoms with E-state index < -0.39 is 5.82 Å². The Morgan fingerprint density at radius 1 is 1.30 bits per heavy atom. The van der Waals surface area contributed by atoms with Crippen LogP contribution in [0.3, 0.4) is 0 Å². The van der Waals surface area contributed by atoms with Crippen LogP contribution in [0.25, 0.3) is 0 Å². The van der Waals surface area contributed by atoms with Gasteiger partial charge in [-0.2, -0.15) is 11.8 Å². The molecule has 2 amide bonds. The van der Waals surface area contributed by atoms with Crippen molar-refractivity contribution in [2.45, 2.75) is 25.3 Å². The lowest BCUT2D eigenvalue weighted by molar-refractivity contribution is -0.124. The highest BCUT2D eigenvalue weighted by Crippen LogP contribution is 2.17. The van der Waals surface area contributed by atoms with Crippen LogP contribution >= 0.6 is 11.8 Å². The first-order valence-corrected chi connectivity index (χ1v) is 7.71. The zero-order chi connectivity index (χ0) is 14.4. The van der Waals surface area contributed by atoms with Gasteiger partial charge in [-0.15, -0.1) is 0 Å². The minimum absolute atomic E-state index is 0.0994. The Morgan fingerprint density at radius 3 is 2.80 bits per heavy atom. The zero-order valence-electron chi connectivity index (χ0n) is 11.0. The van der Waals surface area contributed by atoms with Crippen LogP contribution < -0.4 is 10.6 Å². The molecule has 0 radical (unpaired) electrons. The topological polar surface area (TPSA) is 58.2 Å². The van der Waals surface area contributed by atoms with Crippen molar-refractivity contribution in [1.29, 1.82) is 0 Å². The summed E-state index contributed by atoms with van der Waals surface area (Å²) >= 11 is 1.82. The first-order valence-electron chi connectivity index (χ1n) is 6.56. The number of hydrogen-bond acceptors (Lipinski definition) is 3. The Balaban J connectivity index is 1.70. The molecule has 0 aromatic heterocycles. The normalized spacial score (nSPS) is 17.8. The van der Waals surface area contributed by atoms with E-state index in [0.29, 0.717) is 5.69 Å².